The first-order chi connectivity index (χ1) is 9.35. The van der Waals surface area contributed by atoms with Crippen molar-refractivity contribution in [2.24, 2.45) is 0 Å². The van der Waals surface area contributed by atoms with Crippen LogP contribution in [0, 0.1) is 0 Å². The van der Waals surface area contributed by atoms with Gasteiger partial charge >= 0.3 is 0 Å². The summed E-state index contributed by atoms with van der Waals surface area (Å²) in [5, 5.41) is 13.3. The average Bonchev–Trinajstić information content (AvgIpc) is 2.25. The van der Waals surface area contributed by atoms with Crippen LogP contribution in [0.1, 0.15) is 41.5 Å². The minimum atomic E-state index is -3.48. The number of rotatable bonds is 6. The highest BCUT2D eigenvalue weighted by Gasteiger charge is 2.34. The van der Waals surface area contributed by atoms with Gasteiger partial charge in [0.05, 0.1) is 16.0 Å². The highest BCUT2D eigenvalue weighted by atomic mass is 32.2. The Balaban J connectivity index is 2.94. The van der Waals surface area contributed by atoms with Gasteiger partial charge in [-0.05, 0) is 65.8 Å². The fraction of sp³-hybridized carbons (Fsp3) is 0.600. The minimum absolute atomic E-state index is 0.151. The van der Waals surface area contributed by atoms with E-state index < -0.39 is 21.2 Å². The van der Waals surface area contributed by atoms with Gasteiger partial charge in [-0.25, -0.2) is 13.1 Å². The lowest BCUT2D eigenvalue weighted by Gasteiger charge is -2.38. The maximum atomic E-state index is 12.0. The van der Waals surface area contributed by atoms with Gasteiger partial charge in [0.25, 0.3) is 0 Å². The topological polar surface area (TPSA) is 78.4 Å². The monoisotopic (exact) mass is 314 g/mol. The van der Waals surface area contributed by atoms with Crippen molar-refractivity contribution < 1.29 is 13.5 Å². The van der Waals surface area contributed by atoms with E-state index in [4.69, 9.17) is 0 Å². The van der Waals surface area contributed by atoms with E-state index in [1.54, 1.807) is 52.0 Å². The van der Waals surface area contributed by atoms with Crippen LogP contribution in [0.4, 0.5) is 5.69 Å². The van der Waals surface area contributed by atoms with E-state index in [0.29, 0.717) is 0 Å². The van der Waals surface area contributed by atoms with E-state index in [2.05, 4.69) is 10.0 Å². The summed E-state index contributed by atoms with van der Waals surface area (Å²) in [5.41, 5.74) is -0.717. The lowest BCUT2D eigenvalue weighted by molar-refractivity contribution is 0.0240. The van der Waals surface area contributed by atoms with Crippen LogP contribution in [0.3, 0.4) is 0 Å². The molecule has 21 heavy (non-hydrogen) atoms. The molecule has 0 radical (unpaired) electrons. The van der Waals surface area contributed by atoms with Gasteiger partial charge in [0, 0.05) is 11.7 Å². The molecule has 0 saturated carbocycles. The quantitative estimate of drug-likeness (QED) is 0.753. The van der Waals surface area contributed by atoms with Crippen molar-refractivity contribution in [2.45, 2.75) is 63.6 Å². The summed E-state index contributed by atoms with van der Waals surface area (Å²) in [6, 6.07) is 6.34. The smallest absolute Gasteiger partial charge is 0.240 e. The summed E-state index contributed by atoms with van der Waals surface area (Å²) in [6.07, 6.45) is 0. The van der Waals surface area contributed by atoms with E-state index in [-0.39, 0.29) is 10.9 Å². The zero-order valence-electron chi connectivity index (χ0n) is 13.6. The molecule has 0 aromatic heterocycles. The zero-order chi connectivity index (χ0) is 16.5. The van der Waals surface area contributed by atoms with Crippen LogP contribution >= 0.6 is 0 Å². The summed E-state index contributed by atoms with van der Waals surface area (Å²) < 4.78 is 26.6. The van der Waals surface area contributed by atoms with Crippen molar-refractivity contribution in [3.8, 4) is 0 Å². The Bertz CT molecular complexity index is 570. The van der Waals surface area contributed by atoms with Crippen molar-refractivity contribution in [3.05, 3.63) is 24.3 Å². The van der Waals surface area contributed by atoms with Crippen molar-refractivity contribution in [1.29, 1.82) is 0 Å². The number of anilines is 1. The lowest BCUT2D eigenvalue weighted by Crippen LogP contribution is -2.51. The Kier molecular flexibility index (Phi) is 5.08. The normalized spacial score (nSPS) is 13.5. The van der Waals surface area contributed by atoms with Gasteiger partial charge < -0.3 is 10.4 Å². The SMILES string of the molecule is CC(C)NS(=O)(=O)c1ccc(NC(C)(C)C(C)(C)O)cc1. The fourth-order valence-electron chi connectivity index (χ4n) is 1.61. The molecule has 0 aliphatic carbocycles. The maximum Gasteiger partial charge on any atom is 0.240 e. The molecule has 5 nitrogen and oxygen atoms in total. The predicted octanol–water partition coefficient (Wildman–Crippen LogP) is 2.33. The summed E-state index contributed by atoms with van der Waals surface area (Å²) in [6.45, 7) is 10.8. The highest BCUT2D eigenvalue weighted by molar-refractivity contribution is 7.89. The average molecular weight is 314 g/mol. The number of nitrogens with one attached hydrogen (secondary N) is 2. The molecule has 6 heteroatoms. The van der Waals surface area contributed by atoms with E-state index in [9.17, 15) is 13.5 Å². The second-order valence-electron chi connectivity index (χ2n) is 6.61. The molecular weight excluding hydrogens is 288 g/mol. The molecule has 0 spiro atoms. The molecule has 0 aliphatic heterocycles. The molecule has 1 aromatic rings. The van der Waals surface area contributed by atoms with Crippen molar-refractivity contribution in [3.63, 3.8) is 0 Å². The first-order valence-electron chi connectivity index (χ1n) is 6.98. The molecule has 0 saturated heterocycles. The van der Waals surface area contributed by atoms with Gasteiger partial charge in [-0.2, -0.15) is 0 Å². The van der Waals surface area contributed by atoms with Gasteiger partial charge in [-0.3, -0.25) is 0 Å². The Labute approximate surface area is 127 Å². The maximum absolute atomic E-state index is 12.0. The van der Waals surface area contributed by atoms with Crippen molar-refractivity contribution in [2.75, 3.05) is 5.32 Å². The molecule has 0 aliphatic rings. The second-order valence-corrected chi connectivity index (χ2v) is 8.32. The van der Waals surface area contributed by atoms with Crippen LogP contribution in [0.2, 0.25) is 0 Å². The van der Waals surface area contributed by atoms with Crippen molar-refractivity contribution >= 4 is 15.7 Å². The van der Waals surface area contributed by atoms with E-state index >= 15 is 0 Å². The third-order valence-electron chi connectivity index (χ3n) is 3.54. The largest absolute Gasteiger partial charge is 0.388 e. The number of hydrogen-bond acceptors (Lipinski definition) is 4. The molecule has 0 heterocycles. The molecule has 0 amide bonds. The van der Waals surface area contributed by atoms with E-state index in [1.165, 1.54) is 0 Å². The van der Waals surface area contributed by atoms with Crippen LogP contribution in [-0.4, -0.2) is 30.7 Å². The number of aliphatic hydroxyl groups is 1. The van der Waals surface area contributed by atoms with Crippen molar-refractivity contribution in [1.82, 2.24) is 4.72 Å². The molecule has 3 N–H and O–H groups in total. The van der Waals surface area contributed by atoms with Crippen LogP contribution in [0.15, 0.2) is 29.2 Å². The number of benzene rings is 1. The van der Waals surface area contributed by atoms with Gasteiger partial charge in [-0.1, -0.05) is 0 Å². The third kappa shape index (κ3) is 4.69. The molecule has 0 unspecified atom stereocenters. The summed E-state index contributed by atoms with van der Waals surface area (Å²) >= 11 is 0. The van der Waals surface area contributed by atoms with Gasteiger partial charge in [0.2, 0.25) is 10.0 Å². The van der Waals surface area contributed by atoms with Gasteiger partial charge in [0.1, 0.15) is 0 Å². The van der Waals surface area contributed by atoms with Gasteiger partial charge in [-0.15, -0.1) is 0 Å². The molecule has 0 fully saturated rings. The Morgan fingerprint density at radius 3 is 1.90 bits per heavy atom. The standard InChI is InChI=1S/C15H26N2O3S/c1-11(2)17-21(19,20)13-9-7-12(8-10-13)16-14(3,4)15(5,6)18/h7-11,16-18H,1-6H3. The fourth-order valence-corrected chi connectivity index (χ4v) is 2.86. The molecule has 0 bridgehead atoms. The van der Waals surface area contributed by atoms with Crippen LogP contribution in [-0.2, 0) is 10.0 Å². The Morgan fingerprint density at radius 1 is 1.05 bits per heavy atom. The first kappa shape index (κ1) is 17.9. The first-order valence-corrected chi connectivity index (χ1v) is 8.46. The highest BCUT2D eigenvalue weighted by Crippen LogP contribution is 2.26. The second kappa shape index (κ2) is 5.94. The summed E-state index contributed by atoms with van der Waals surface area (Å²) in [5.74, 6) is 0. The number of sulfonamides is 1. The summed E-state index contributed by atoms with van der Waals surface area (Å²) in [7, 11) is -3.48. The Morgan fingerprint density at radius 2 is 1.52 bits per heavy atom. The van der Waals surface area contributed by atoms with E-state index in [0.717, 1.165) is 5.69 Å². The van der Waals surface area contributed by atoms with E-state index in [1.807, 2.05) is 13.8 Å². The zero-order valence-corrected chi connectivity index (χ0v) is 14.4. The third-order valence-corrected chi connectivity index (χ3v) is 5.22. The molecule has 1 aromatic carbocycles. The molecular formula is C15H26N2O3S. The predicted molar refractivity (Wildman–Crippen MR) is 85.9 cm³/mol. The summed E-state index contributed by atoms with van der Waals surface area (Å²) in [4.78, 5) is 0.225. The van der Waals surface area contributed by atoms with Gasteiger partial charge in [0.15, 0.2) is 0 Å². The van der Waals surface area contributed by atoms with Crippen LogP contribution < -0.4 is 10.0 Å². The molecule has 0 atom stereocenters. The van der Waals surface area contributed by atoms with Crippen LogP contribution in [0.5, 0.6) is 0 Å². The number of hydrogen-bond donors (Lipinski definition) is 3. The molecule has 120 valence electrons. The Hall–Kier alpha value is -1.11. The molecule has 1 rings (SSSR count). The van der Waals surface area contributed by atoms with Crippen LogP contribution in [0.25, 0.3) is 0 Å². The lowest BCUT2D eigenvalue weighted by atomic mass is 9.86. The minimum Gasteiger partial charge on any atom is -0.388 e.